The highest BCUT2D eigenvalue weighted by atomic mass is 32.1. The molecule has 0 radical (unpaired) electrons. The first-order chi connectivity index (χ1) is 8.61. The zero-order valence-corrected chi connectivity index (χ0v) is 10.8. The maximum absolute atomic E-state index is 13.0. The Bertz CT molecular complexity index is 453. The first kappa shape index (κ1) is 13.4. The fourth-order valence-electron chi connectivity index (χ4n) is 2.35. The predicted molar refractivity (Wildman–Crippen MR) is 69.3 cm³/mol. The molecule has 2 N–H and O–H groups in total. The lowest BCUT2D eigenvalue weighted by Crippen LogP contribution is -2.38. The van der Waals surface area contributed by atoms with Crippen LogP contribution in [0.4, 0.5) is 4.39 Å². The molecule has 18 heavy (non-hydrogen) atoms. The van der Waals surface area contributed by atoms with Gasteiger partial charge < -0.3 is 10.4 Å². The number of hydrogen-bond donors (Lipinski definition) is 3. The molecule has 0 saturated heterocycles. The van der Waals surface area contributed by atoms with Gasteiger partial charge in [0.1, 0.15) is 5.82 Å². The monoisotopic (exact) mass is 269 g/mol. The average Bonchev–Trinajstić information content (AvgIpc) is 2.79. The molecule has 5 heteroatoms. The standard InChI is InChI=1S/C13H16FNO2S/c14-10-5-4-8(6-12(10)18)13(17)15-11-3-1-2-9(11)7-16/h4-6,9,11,16,18H,1-3,7H2,(H,15,17). The van der Waals surface area contributed by atoms with Crippen molar-refractivity contribution in [3.8, 4) is 0 Å². The third kappa shape index (κ3) is 2.84. The Kier molecular flexibility index (Phi) is 4.24. The quantitative estimate of drug-likeness (QED) is 0.735. The molecule has 0 spiro atoms. The Morgan fingerprint density at radius 1 is 1.50 bits per heavy atom. The maximum Gasteiger partial charge on any atom is 0.251 e. The summed E-state index contributed by atoms with van der Waals surface area (Å²) in [5.74, 6) is -0.551. The molecule has 1 amide bonds. The van der Waals surface area contributed by atoms with Crippen LogP contribution in [0.5, 0.6) is 0 Å². The summed E-state index contributed by atoms with van der Waals surface area (Å²) in [4.78, 5) is 12.1. The van der Waals surface area contributed by atoms with Crippen LogP contribution < -0.4 is 5.32 Å². The highest BCUT2D eigenvalue weighted by molar-refractivity contribution is 7.80. The van der Waals surface area contributed by atoms with Crippen LogP contribution >= 0.6 is 12.6 Å². The van der Waals surface area contributed by atoms with Crippen molar-refractivity contribution in [2.24, 2.45) is 5.92 Å². The molecular formula is C13H16FNO2S. The van der Waals surface area contributed by atoms with Crippen molar-refractivity contribution in [3.63, 3.8) is 0 Å². The second-order valence-corrected chi connectivity index (χ2v) is 5.10. The van der Waals surface area contributed by atoms with Gasteiger partial charge in [0.15, 0.2) is 0 Å². The van der Waals surface area contributed by atoms with Crippen LogP contribution in [0.25, 0.3) is 0 Å². The van der Waals surface area contributed by atoms with E-state index in [0.29, 0.717) is 5.56 Å². The zero-order valence-electron chi connectivity index (χ0n) is 9.90. The van der Waals surface area contributed by atoms with Gasteiger partial charge in [0, 0.05) is 29.0 Å². The molecule has 1 aliphatic rings. The molecular weight excluding hydrogens is 253 g/mol. The Morgan fingerprint density at radius 2 is 2.28 bits per heavy atom. The van der Waals surface area contributed by atoms with Crippen molar-refractivity contribution in [3.05, 3.63) is 29.6 Å². The predicted octanol–water partition coefficient (Wildman–Crippen LogP) is 2.01. The summed E-state index contributed by atoms with van der Waals surface area (Å²) in [7, 11) is 0. The lowest BCUT2D eigenvalue weighted by atomic mass is 10.0. The van der Waals surface area contributed by atoms with E-state index in [4.69, 9.17) is 0 Å². The van der Waals surface area contributed by atoms with E-state index < -0.39 is 5.82 Å². The molecule has 98 valence electrons. The molecule has 2 rings (SSSR count). The molecule has 0 bridgehead atoms. The van der Waals surface area contributed by atoms with E-state index >= 15 is 0 Å². The number of thiol groups is 1. The van der Waals surface area contributed by atoms with Crippen LogP contribution in [0.15, 0.2) is 23.1 Å². The van der Waals surface area contributed by atoms with Crippen molar-refractivity contribution >= 4 is 18.5 Å². The van der Waals surface area contributed by atoms with Gasteiger partial charge in [-0.3, -0.25) is 4.79 Å². The van der Waals surface area contributed by atoms with E-state index in [2.05, 4.69) is 17.9 Å². The number of carbonyl (C=O) groups is 1. The number of nitrogens with one attached hydrogen (secondary N) is 1. The minimum atomic E-state index is -0.441. The molecule has 0 aromatic heterocycles. The van der Waals surface area contributed by atoms with Gasteiger partial charge >= 0.3 is 0 Å². The summed E-state index contributed by atoms with van der Waals surface area (Å²) in [6.07, 6.45) is 2.83. The lowest BCUT2D eigenvalue weighted by Gasteiger charge is -2.19. The number of aliphatic hydroxyl groups excluding tert-OH is 1. The highest BCUT2D eigenvalue weighted by Crippen LogP contribution is 2.25. The van der Waals surface area contributed by atoms with Gasteiger partial charge in [0.05, 0.1) is 0 Å². The maximum atomic E-state index is 13.0. The van der Waals surface area contributed by atoms with Crippen LogP contribution in [0.3, 0.4) is 0 Å². The van der Waals surface area contributed by atoms with Gasteiger partial charge in [-0.1, -0.05) is 6.42 Å². The second-order valence-electron chi connectivity index (χ2n) is 4.62. The lowest BCUT2D eigenvalue weighted by molar-refractivity contribution is 0.0916. The minimum absolute atomic E-state index is 0.0101. The first-order valence-corrected chi connectivity index (χ1v) is 6.46. The van der Waals surface area contributed by atoms with E-state index in [1.54, 1.807) is 0 Å². The summed E-state index contributed by atoms with van der Waals surface area (Å²) in [6, 6.07) is 4.09. The molecule has 1 aliphatic carbocycles. The SMILES string of the molecule is O=C(NC1CCCC1CO)c1ccc(F)c(S)c1. The summed E-state index contributed by atoms with van der Waals surface area (Å²) >= 11 is 3.95. The zero-order chi connectivity index (χ0) is 13.1. The van der Waals surface area contributed by atoms with Crippen LogP contribution in [-0.4, -0.2) is 23.7 Å². The largest absolute Gasteiger partial charge is 0.396 e. The Balaban J connectivity index is 2.05. The molecule has 1 aromatic carbocycles. The molecule has 3 nitrogen and oxygen atoms in total. The van der Waals surface area contributed by atoms with Crippen LogP contribution in [0, 0.1) is 11.7 Å². The van der Waals surface area contributed by atoms with Crippen molar-refractivity contribution in [2.45, 2.75) is 30.2 Å². The van der Waals surface area contributed by atoms with Crippen molar-refractivity contribution in [2.75, 3.05) is 6.61 Å². The van der Waals surface area contributed by atoms with E-state index in [1.165, 1.54) is 18.2 Å². The van der Waals surface area contributed by atoms with Crippen molar-refractivity contribution in [1.29, 1.82) is 0 Å². The van der Waals surface area contributed by atoms with Gasteiger partial charge in [0.25, 0.3) is 5.91 Å². The number of carbonyl (C=O) groups excluding carboxylic acids is 1. The number of rotatable bonds is 3. The van der Waals surface area contributed by atoms with Crippen molar-refractivity contribution in [1.82, 2.24) is 5.32 Å². The van der Waals surface area contributed by atoms with Gasteiger partial charge in [-0.25, -0.2) is 4.39 Å². The Morgan fingerprint density at radius 3 is 2.94 bits per heavy atom. The summed E-state index contributed by atoms with van der Waals surface area (Å²) in [6.45, 7) is 0.0895. The second kappa shape index (κ2) is 5.71. The topological polar surface area (TPSA) is 49.3 Å². The molecule has 1 fully saturated rings. The molecule has 1 aromatic rings. The minimum Gasteiger partial charge on any atom is -0.396 e. The average molecular weight is 269 g/mol. The van der Waals surface area contributed by atoms with Gasteiger partial charge in [-0.05, 0) is 31.0 Å². The number of aliphatic hydroxyl groups is 1. The van der Waals surface area contributed by atoms with Crippen LogP contribution in [0.1, 0.15) is 29.6 Å². The van der Waals surface area contributed by atoms with E-state index in [-0.39, 0.29) is 29.4 Å². The van der Waals surface area contributed by atoms with Gasteiger partial charge in [-0.2, -0.15) is 0 Å². The number of benzene rings is 1. The highest BCUT2D eigenvalue weighted by Gasteiger charge is 2.28. The van der Waals surface area contributed by atoms with Crippen molar-refractivity contribution < 1.29 is 14.3 Å². The Labute approximate surface area is 111 Å². The first-order valence-electron chi connectivity index (χ1n) is 6.02. The fraction of sp³-hybridized carbons (Fsp3) is 0.462. The summed E-state index contributed by atoms with van der Waals surface area (Å²) < 4.78 is 13.0. The molecule has 0 heterocycles. The molecule has 1 saturated carbocycles. The molecule has 0 aliphatic heterocycles. The number of amides is 1. The van der Waals surface area contributed by atoms with E-state index in [9.17, 15) is 14.3 Å². The third-order valence-corrected chi connectivity index (χ3v) is 3.76. The van der Waals surface area contributed by atoms with Gasteiger partial charge in [-0.15, -0.1) is 12.6 Å². The summed E-state index contributed by atoms with van der Waals surface area (Å²) in [5.41, 5.74) is 0.394. The Hall–Kier alpha value is -1.07. The molecule has 2 atom stereocenters. The van der Waals surface area contributed by atoms with E-state index in [1.807, 2.05) is 0 Å². The molecule has 2 unspecified atom stereocenters. The van der Waals surface area contributed by atoms with Crippen LogP contribution in [-0.2, 0) is 0 Å². The fourth-order valence-corrected chi connectivity index (χ4v) is 2.56. The normalized spacial score (nSPS) is 23.1. The van der Waals surface area contributed by atoms with Gasteiger partial charge in [0.2, 0.25) is 0 Å². The number of halogens is 1. The number of hydrogen-bond acceptors (Lipinski definition) is 3. The van der Waals surface area contributed by atoms with E-state index in [0.717, 1.165) is 19.3 Å². The smallest absolute Gasteiger partial charge is 0.251 e. The van der Waals surface area contributed by atoms with Crippen LogP contribution in [0.2, 0.25) is 0 Å². The third-order valence-electron chi connectivity index (χ3n) is 3.42. The summed E-state index contributed by atoms with van der Waals surface area (Å²) in [5, 5.41) is 12.1.